The summed E-state index contributed by atoms with van der Waals surface area (Å²) in [7, 11) is 0. The standard InChI is InChI=1S/C20H15FN2O2/c21-19-11-10-16(17-6-1-2-7-18(17)19)9-8-14-4-3-5-15(12-14)13-23(25)20(22)24/h1-7,10-12,25H,13H2,(H2,22,24). The van der Waals surface area contributed by atoms with E-state index in [1.54, 1.807) is 36.4 Å². The van der Waals surface area contributed by atoms with Crippen LogP contribution in [0.5, 0.6) is 0 Å². The fraction of sp³-hybridized carbons (Fsp3) is 0.0500. The Morgan fingerprint density at radius 1 is 1.04 bits per heavy atom. The first-order valence-electron chi connectivity index (χ1n) is 7.58. The van der Waals surface area contributed by atoms with Crippen molar-refractivity contribution in [3.8, 4) is 11.8 Å². The number of nitrogens with zero attached hydrogens (tertiary/aromatic N) is 1. The molecule has 3 N–H and O–H groups in total. The highest BCUT2D eigenvalue weighted by Crippen LogP contribution is 2.21. The number of halogens is 1. The maximum atomic E-state index is 13.9. The first kappa shape index (κ1) is 16.5. The van der Waals surface area contributed by atoms with E-state index in [1.165, 1.54) is 6.07 Å². The lowest BCUT2D eigenvalue weighted by molar-refractivity contribution is -0.0470. The van der Waals surface area contributed by atoms with E-state index in [4.69, 9.17) is 5.73 Å². The number of hydrogen-bond acceptors (Lipinski definition) is 2. The van der Waals surface area contributed by atoms with Crippen LogP contribution in [0.1, 0.15) is 16.7 Å². The molecule has 0 bridgehead atoms. The van der Waals surface area contributed by atoms with Gasteiger partial charge in [-0.05, 0) is 29.8 Å². The molecule has 3 aromatic rings. The Morgan fingerprint density at radius 3 is 2.56 bits per heavy atom. The smallest absolute Gasteiger partial charge is 0.338 e. The van der Waals surface area contributed by atoms with Crippen LogP contribution in [0.4, 0.5) is 9.18 Å². The molecular formula is C20H15FN2O2. The molecule has 0 unspecified atom stereocenters. The molecule has 3 rings (SSSR count). The zero-order valence-corrected chi connectivity index (χ0v) is 13.2. The molecule has 0 saturated carbocycles. The molecule has 124 valence electrons. The van der Waals surface area contributed by atoms with Crippen molar-refractivity contribution in [2.24, 2.45) is 5.73 Å². The highest BCUT2D eigenvalue weighted by Gasteiger charge is 2.06. The molecule has 0 aliphatic carbocycles. The first-order valence-corrected chi connectivity index (χ1v) is 7.58. The SMILES string of the molecule is NC(=O)N(O)Cc1cccc(C#Cc2ccc(F)c3ccccc23)c1. The highest BCUT2D eigenvalue weighted by molar-refractivity contribution is 5.88. The molecule has 0 atom stereocenters. The lowest BCUT2D eigenvalue weighted by atomic mass is 10.0. The molecular weight excluding hydrogens is 319 g/mol. The van der Waals surface area contributed by atoms with E-state index in [9.17, 15) is 14.4 Å². The number of hydrogen-bond donors (Lipinski definition) is 2. The Bertz CT molecular complexity index is 1010. The maximum Gasteiger partial charge on any atom is 0.338 e. The molecule has 4 nitrogen and oxygen atoms in total. The van der Waals surface area contributed by atoms with Gasteiger partial charge in [0.15, 0.2) is 0 Å². The Balaban J connectivity index is 1.92. The van der Waals surface area contributed by atoms with Gasteiger partial charge in [0.1, 0.15) is 5.82 Å². The number of urea groups is 1. The summed E-state index contributed by atoms with van der Waals surface area (Å²) in [4.78, 5) is 10.9. The number of nitrogens with two attached hydrogens (primary N) is 1. The first-order chi connectivity index (χ1) is 12.0. The second-order valence-electron chi connectivity index (χ2n) is 5.49. The molecule has 0 aliphatic rings. The van der Waals surface area contributed by atoms with Crippen molar-refractivity contribution in [2.45, 2.75) is 6.54 Å². The number of primary amides is 1. The summed E-state index contributed by atoms with van der Waals surface area (Å²) in [6, 6.07) is 16.4. The third-order valence-electron chi connectivity index (χ3n) is 3.73. The summed E-state index contributed by atoms with van der Waals surface area (Å²) in [6.45, 7) is -0.0235. The zero-order chi connectivity index (χ0) is 17.8. The minimum absolute atomic E-state index is 0.0235. The van der Waals surface area contributed by atoms with Crippen LogP contribution in [0.3, 0.4) is 0 Å². The summed E-state index contributed by atoms with van der Waals surface area (Å²) in [6.07, 6.45) is 0. The second-order valence-corrected chi connectivity index (χ2v) is 5.49. The zero-order valence-electron chi connectivity index (χ0n) is 13.2. The predicted octanol–water partition coefficient (Wildman–Crippen LogP) is 3.65. The maximum absolute atomic E-state index is 13.9. The van der Waals surface area contributed by atoms with E-state index >= 15 is 0 Å². The van der Waals surface area contributed by atoms with Gasteiger partial charge in [0.05, 0.1) is 6.54 Å². The Hall–Kier alpha value is -3.36. The van der Waals surface area contributed by atoms with Gasteiger partial charge in [0.25, 0.3) is 0 Å². The van der Waals surface area contributed by atoms with Crippen molar-refractivity contribution < 1.29 is 14.4 Å². The molecule has 0 aliphatic heterocycles. The number of fused-ring (bicyclic) bond motifs is 1. The van der Waals surface area contributed by atoms with Gasteiger partial charge in [-0.1, -0.05) is 48.2 Å². The van der Waals surface area contributed by atoms with E-state index in [0.29, 0.717) is 21.6 Å². The molecule has 0 saturated heterocycles. The summed E-state index contributed by atoms with van der Waals surface area (Å²) >= 11 is 0. The Labute approximate surface area is 144 Å². The van der Waals surface area contributed by atoms with Gasteiger partial charge in [0, 0.05) is 21.9 Å². The van der Waals surface area contributed by atoms with Crippen LogP contribution in [-0.4, -0.2) is 16.3 Å². The van der Waals surface area contributed by atoms with Crippen LogP contribution in [0.2, 0.25) is 0 Å². The molecule has 25 heavy (non-hydrogen) atoms. The second kappa shape index (κ2) is 7.04. The molecule has 0 heterocycles. The largest absolute Gasteiger partial charge is 0.350 e. The fourth-order valence-electron chi connectivity index (χ4n) is 2.51. The summed E-state index contributed by atoms with van der Waals surface area (Å²) in [5, 5.41) is 11.1. The number of amides is 2. The quantitative estimate of drug-likeness (QED) is 0.427. The monoisotopic (exact) mass is 334 g/mol. The average Bonchev–Trinajstić information content (AvgIpc) is 2.62. The van der Waals surface area contributed by atoms with Crippen molar-refractivity contribution in [1.82, 2.24) is 5.06 Å². The van der Waals surface area contributed by atoms with Gasteiger partial charge in [-0.15, -0.1) is 0 Å². The topological polar surface area (TPSA) is 66.6 Å². The molecule has 0 fully saturated rings. The molecule has 0 aromatic heterocycles. The molecule has 5 heteroatoms. The van der Waals surface area contributed by atoms with Crippen molar-refractivity contribution in [3.05, 3.63) is 83.2 Å². The van der Waals surface area contributed by atoms with Crippen molar-refractivity contribution in [2.75, 3.05) is 0 Å². The van der Waals surface area contributed by atoms with Crippen LogP contribution in [0.25, 0.3) is 10.8 Å². The number of carbonyl (C=O) groups excluding carboxylic acids is 1. The van der Waals surface area contributed by atoms with Crippen LogP contribution in [0, 0.1) is 17.7 Å². The molecule has 0 spiro atoms. The van der Waals surface area contributed by atoms with Crippen molar-refractivity contribution in [3.63, 3.8) is 0 Å². The van der Waals surface area contributed by atoms with Crippen molar-refractivity contribution in [1.29, 1.82) is 0 Å². The minimum atomic E-state index is -0.922. The third kappa shape index (κ3) is 3.77. The summed E-state index contributed by atoms with van der Waals surface area (Å²) in [5.41, 5.74) is 7.13. The van der Waals surface area contributed by atoms with E-state index < -0.39 is 6.03 Å². The van der Waals surface area contributed by atoms with Gasteiger partial charge in [-0.3, -0.25) is 5.21 Å². The normalized spacial score (nSPS) is 10.2. The van der Waals surface area contributed by atoms with E-state index in [-0.39, 0.29) is 12.4 Å². The Kier molecular flexibility index (Phi) is 4.64. The Morgan fingerprint density at radius 2 is 1.80 bits per heavy atom. The lowest BCUT2D eigenvalue weighted by Crippen LogP contribution is -2.31. The number of carbonyl (C=O) groups is 1. The summed E-state index contributed by atoms with van der Waals surface area (Å²) in [5.74, 6) is 5.80. The van der Waals surface area contributed by atoms with Gasteiger partial charge in [-0.25, -0.2) is 14.2 Å². The van der Waals surface area contributed by atoms with Gasteiger partial charge < -0.3 is 5.73 Å². The minimum Gasteiger partial charge on any atom is -0.350 e. The number of rotatable bonds is 2. The van der Waals surface area contributed by atoms with Gasteiger partial charge in [0.2, 0.25) is 0 Å². The highest BCUT2D eigenvalue weighted by atomic mass is 19.1. The average molecular weight is 334 g/mol. The van der Waals surface area contributed by atoms with Crippen LogP contribution < -0.4 is 5.73 Å². The van der Waals surface area contributed by atoms with Gasteiger partial charge in [-0.2, -0.15) is 0 Å². The third-order valence-corrected chi connectivity index (χ3v) is 3.73. The van der Waals surface area contributed by atoms with Crippen LogP contribution in [0.15, 0.2) is 60.7 Å². The van der Waals surface area contributed by atoms with E-state index in [2.05, 4.69) is 11.8 Å². The van der Waals surface area contributed by atoms with Crippen LogP contribution >= 0.6 is 0 Å². The predicted molar refractivity (Wildman–Crippen MR) is 93.2 cm³/mol. The summed E-state index contributed by atoms with van der Waals surface area (Å²) < 4.78 is 13.9. The lowest BCUT2D eigenvalue weighted by Gasteiger charge is -2.11. The number of benzene rings is 3. The molecule has 3 aromatic carbocycles. The van der Waals surface area contributed by atoms with E-state index in [0.717, 1.165) is 10.9 Å². The van der Waals surface area contributed by atoms with E-state index in [1.807, 2.05) is 18.2 Å². The van der Waals surface area contributed by atoms with Crippen LogP contribution in [-0.2, 0) is 6.54 Å². The molecule has 0 radical (unpaired) electrons. The number of hydroxylamine groups is 2. The fourth-order valence-corrected chi connectivity index (χ4v) is 2.51. The molecule has 2 amide bonds. The van der Waals surface area contributed by atoms with Crippen molar-refractivity contribution >= 4 is 16.8 Å². The van der Waals surface area contributed by atoms with Gasteiger partial charge >= 0.3 is 6.03 Å².